The number of hydrogen-bond donors (Lipinski definition) is 2. The first-order valence-electron chi connectivity index (χ1n) is 7.81. The van der Waals surface area contributed by atoms with Gasteiger partial charge in [0.05, 0.1) is 12.0 Å². The van der Waals surface area contributed by atoms with Crippen molar-refractivity contribution in [1.82, 2.24) is 5.32 Å². The Morgan fingerprint density at radius 2 is 2.00 bits per heavy atom. The van der Waals surface area contributed by atoms with Gasteiger partial charge in [0.15, 0.2) is 0 Å². The molecule has 0 bridgehead atoms. The molecule has 1 aromatic rings. The molecule has 0 aliphatic heterocycles. The zero-order valence-corrected chi connectivity index (χ0v) is 13.0. The van der Waals surface area contributed by atoms with Crippen LogP contribution in [0.2, 0.25) is 0 Å². The molecule has 4 heteroatoms. The van der Waals surface area contributed by atoms with E-state index >= 15 is 0 Å². The fraction of sp³-hybridized carbons (Fsp3) is 0.588. The normalized spacial score (nSPS) is 23.4. The molecule has 4 nitrogen and oxygen atoms in total. The lowest BCUT2D eigenvalue weighted by Gasteiger charge is -2.28. The number of benzene rings is 1. The van der Waals surface area contributed by atoms with Crippen LogP contribution in [0, 0.1) is 12.8 Å². The van der Waals surface area contributed by atoms with Gasteiger partial charge in [-0.25, -0.2) is 0 Å². The molecule has 2 rings (SSSR count). The van der Waals surface area contributed by atoms with Gasteiger partial charge in [-0.15, -0.1) is 0 Å². The number of hydrogen-bond acceptors (Lipinski definition) is 3. The molecule has 116 valence electrons. The Balaban J connectivity index is 1.77. The summed E-state index contributed by atoms with van der Waals surface area (Å²) in [6.07, 6.45) is 4.09. The minimum atomic E-state index is -0.0411. The van der Waals surface area contributed by atoms with Gasteiger partial charge in [-0.3, -0.25) is 4.79 Å². The zero-order chi connectivity index (χ0) is 15.2. The summed E-state index contributed by atoms with van der Waals surface area (Å²) >= 11 is 0. The number of aryl methyl sites for hydroxylation is 1. The van der Waals surface area contributed by atoms with Gasteiger partial charge in [-0.2, -0.15) is 0 Å². The van der Waals surface area contributed by atoms with Crippen LogP contribution in [0.5, 0.6) is 5.75 Å². The third-order valence-electron chi connectivity index (χ3n) is 4.07. The summed E-state index contributed by atoms with van der Waals surface area (Å²) in [5.74, 6) is 0.860. The van der Waals surface area contributed by atoms with Crippen molar-refractivity contribution in [2.75, 3.05) is 6.61 Å². The highest BCUT2D eigenvalue weighted by atomic mass is 16.5. The molecule has 1 amide bonds. The van der Waals surface area contributed by atoms with Crippen LogP contribution < -0.4 is 15.8 Å². The highest BCUT2D eigenvalue weighted by molar-refractivity contribution is 5.79. The molecule has 3 N–H and O–H groups in total. The van der Waals surface area contributed by atoms with Crippen molar-refractivity contribution < 1.29 is 9.53 Å². The average Bonchev–Trinajstić information content (AvgIpc) is 2.47. The quantitative estimate of drug-likeness (QED) is 0.875. The molecule has 21 heavy (non-hydrogen) atoms. The summed E-state index contributed by atoms with van der Waals surface area (Å²) in [6.45, 7) is 4.47. The van der Waals surface area contributed by atoms with Crippen molar-refractivity contribution in [1.29, 1.82) is 0 Å². The standard InChI is InChI=1S/C17H26N2O2/c1-12-7-9-14(10-8-12)21-11-13(2)19-17(20)15-5-3-4-6-16(15)18/h7-10,13,15-16H,3-6,11,18H2,1-2H3,(H,19,20). The predicted molar refractivity (Wildman–Crippen MR) is 84.2 cm³/mol. The van der Waals surface area contributed by atoms with E-state index in [1.165, 1.54) is 5.56 Å². The van der Waals surface area contributed by atoms with E-state index < -0.39 is 0 Å². The molecule has 0 spiro atoms. The summed E-state index contributed by atoms with van der Waals surface area (Å²) in [7, 11) is 0. The van der Waals surface area contributed by atoms with Crippen LogP contribution in [0.3, 0.4) is 0 Å². The number of nitrogens with one attached hydrogen (secondary N) is 1. The number of carbonyl (C=O) groups is 1. The van der Waals surface area contributed by atoms with E-state index in [1.54, 1.807) is 0 Å². The minimum absolute atomic E-state index is 0.00367. The van der Waals surface area contributed by atoms with Crippen LogP contribution in [0.1, 0.15) is 38.2 Å². The van der Waals surface area contributed by atoms with E-state index in [9.17, 15) is 4.79 Å². The number of amides is 1. The molecule has 1 aliphatic rings. The van der Waals surface area contributed by atoms with Crippen molar-refractivity contribution in [2.24, 2.45) is 11.7 Å². The molecule has 3 unspecified atom stereocenters. The van der Waals surface area contributed by atoms with E-state index in [2.05, 4.69) is 5.32 Å². The molecule has 1 fully saturated rings. The van der Waals surface area contributed by atoms with Crippen LogP contribution in [-0.2, 0) is 4.79 Å². The first-order valence-corrected chi connectivity index (χ1v) is 7.81. The van der Waals surface area contributed by atoms with Gasteiger partial charge in [-0.1, -0.05) is 30.5 Å². The first-order chi connectivity index (χ1) is 10.1. The maximum Gasteiger partial charge on any atom is 0.225 e. The molecule has 1 aromatic carbocycles. The SMILES string of the molecule is Cc1ccc(OCC(C)NC(=O)C2CCCCC2N)cc1. The van der Waals surface area contributed by atoms with Crippen molar-refractivity contribution in [3.63, 3.8) is 0 Å². The Morgan fingerprint density at radius 3 is 2.67 bits per heavy atom. The summed E-state index contributed by atoms with van der Waals surface area (Å²) in [5.41, 5.74) is 7.25. The monoisotopic (exact) mass is 290 g/mol. The Hall–Kier alpha value is -1.55. The van der Waals surface area contributed by atoms with Crippen LogP contribution in [0.25, 0.3) is 0 Å². The zero-order valence-electron chi connectivity index (χ0n) is 13.0. The lowest BCUT2D eigenvalue weighted by molar-refractivity contribution is -0.127. The first kappa shape index (κ1) is 15.8. The van der Waals surface area contributed by atoms with E-state index in [4.69, 9.17) is 10.5 Å². The van der Waals surface area contributed by atoms with Crippen molar-refractivity contribution in [3.05, 3.63) is 29.8 Å². The Morgan fingerprint density at radius 1 is 1.33 bits per heavy atom. The second kappa shape index (κ2) is 7.46. The predicted octanol–water partition coefficient (Wildman–Crippen LogP) is 2.40. The van der Waals surface area contributed by atoms with Crippen molar-refractivity contribution >= 4 is 5.91 Å². The fourth-order valence-corrected chi connectivity index (χ4v) is 2.73. The molecule has 1 aliphatic carbocycles. The van der Waals surface area contributed by atoms with E-state index in [1.807, 2.05) is 38.1 Å². The number of ether oxygens (including phenoxy) is 1. The highest BCUT2D eigenvalue weighted by Gasteiger charge is 2.28. The molecular formula is C17H26N2O2. The maximum atomic E-state index is 12.2. The van der Waals surface area contributed by atoms with E-state index in [0.717, 1.165) is 31.4 Å². The van der Waals surface area contributed by atoms with Crippen LogP contribution in [-0.4, -0.2) is 24.6 Å². The second-order valence-electron chi connectivity index (χ2n) is 6.09. The van der Waals surface area contributed by atoms with E-state index in [-0.39, 0.29) is 23.9 Å². The third-order valence-corrected chi connectivity index (χ3v) is 4.07. The summed E-state index contributed by atoms with van der Waals surface area (Å²) in [5, 5.41) is 3.02. The van der Waals surface area contributed by atoms with Gasteiger partial charge in [0, 0.05) is 6.04 Å². The summed E-state index contributed by atoms with van der Waals surface area (Å²) < 4.78 is 5.69. The largest absolute Gasteiger partial charge is 0.491 e. The summed E-state index contributed by atoms with van der Waals surface area (Å²) in [4.78, 5) is 12.2. The number of nitrogens with two attached hydrogens (primary N) is 1. The Bertz CT molecular complexity index is 458. The second-order valence-corrected chi connectivity index (χ2v) is 6.09. The lowest BCUT2D eigenvalue weighted by atomic mass is 9.84. The molecule has 3 atom stereocenters. The van der Waals surface area contributed by atoms with E-state index in [0.29, 0.717) is 6.61 Å². The van der Waals surface area contributed by atoms with Crippen molar-refractivity contribution in [3.8, 4) is 5.75 Å². The molecule has 0 heterocycles. The lowest BCUT2D eigenvalue weighted by Crippen LogP contribution is -2.47. The highest BCUT2D eigenvalue weighted by Crippen LogP contribution is 2.23. The topological polar surface area (TPSA) is 64.3 Å². The number of rotatable bonds is 5. The average molecular weight is 290 g/mol. The molecule has 1 saturated carbocycles. The molecule has 0 saturated heterocycles. The fourth-order valence-electron chi connectivity index (χ4n) is 2.73. The summed E-state index contributed by atoms with van der Waals surface area (Å²) in [6, 6.07) is 7.90. The van der Waals surface area contributed by atoms with Crippen LogP contribution in [0.15, 0.2) is 24.3 Å². The van der Waals surface area contributed by atoms with Gasteiger partial charge in [-0.05, 0) is 38.8 Å². The van der Waals surface area contributed by atoms with Crippen LogP contribution in [0.4, 0.5) is 0 Å². The van der Waals surface area contributed by atoms with Crippen LogP contribution >= 0.6 is 0 Å². The van der Waals surface area contributed by atoms with Gasteiger partial charge < -0.3 is 15.8 Å². The van der Waals surface area contributed by atoms with Gasteiger partial charge in [0.2, 0.25) is 5.91 Å². The molecular weight excluding hydrogens is 264 g/mol. The maximum absolute atomic E-state index is 12.2. The van der Waals surface area contributed by atoms with Gasteiger partial charge >= 0.3 is 0 Å². The van der Waals surface area contributed by atoms with Gasteiger partial charge in [0.1, 0.15) is 12.4 Å². The number of carbonyl (C=O) groups excluding carboxylic acids is 1. The molecule has 0 aromatic heterocycles. The van der Waals surface area contributed by atoms with Gasteiger partial charge in [0.25, 0.3) is 0 Å². The Kier molecular flexibility index (Phi) is 5.62. The third kappa shape index (κ3) is 4.74. The molecule has 0 radical (unpaired) electrons. The Labute approximate surface area is 127 Å². The van der Waals surface area contributed by atoms with Crippen molar-refractivity contribution in [2.45, 2.75) is 51.6 Å². The minimum Gasteiger partial charge on any atom is -0.491 e. The smallest absolute Gasteiger partial charge is 0.225 e.